The second-order valence-corrected chi connectivity index (χ2v) is 8.08. The second-order valence-electron chi connectivity index (χ2n) is 4.82. The molecule has 4 nitrogen and oxygen atoms in total. The van der Waals surface area contributed by atoms with Crippen molar-refractivity contribution < 1.29 is 8.42 Å². The van der Waals surface area contributed by atoms with E-state index in [4.69, 9.17) is 5.26 Å². The molecule has 0 aromatic heterocycles. The van der Waals surface area contributed by atoms with Crippen molar-refractivity contribution in [1.82, 2.24) is 4.72 Å². The minimum atomic E-state index is -3.61. The number of nitrogens with one attached hydrogen (secondary N) is 1. The van der Waals surface area contributed by atoms with Crippen LogP contribution >= 0.6 is 11.8 Å². The standard InChI is InChI=1S/C14H18N2O2S2/c1-2-19-13-8-7-12(9-13)16-20(17,18)14-6-4-3-5-11(14)10-15/h3-6,12-13,16H,2,7-9H2,1H3. The van der Waals surface area contributed by atoms with E-state index in [0.29, 0.717) is 5.25 Å². The van der Waals surface area contributed by atoms with Gasteiger partial charge in [0.2, 0.25) is 10.0 Å². The normalized spacial score (nSPS) is 22.6. The highest BCUT2D eigenvalue weighted by molar-refractivity contribution is 7.99. The van der Waals surface area contributed by atoms with E-state index in [1.54, 1.807) is 12.1 Å². The molecule has 1 aliphatic rings. The first-order valence-corrected chi connectivity index (χ1v) is 9.23. The van der Waals surface area contributed by atoms with Gasteiger partial charge >= 0.3 is 0 Å². The van der Waals surface area contributed by atoms with Gasteiger partial charge in [-0.15, -0.1) is 0 Å². The third kappa shape index (κ3) is 3.54. The summed E-state index contributed by atoms with van der Waals surface area (Å²) in [5.74, 6) is 1.06. The lowest BCUT2D eigenvalue weighted by atomic mass is 10.2. The molecule has 2 rings (SSSR count). The van der Waals surface area contributed by atoms with Gasteiger partial charge in [0.15, 0.2) is 0 Å². The molecule has 0 amide bonds. The number of nitriles is 1. The van der Waals surface area contributed by atoms with Crippen LogP contribution in [0.4, 0.5) is 0 Å². The highest BCUT2D eigenvalue weighted by Crippen LogP contribution is 2.30. The molecular weight excluding hydrogens is 292 g/mol. The fraction of sp³-hybridized carbons (Fsp3) is 0.500. The number of rotatable bonds is 5. The van der Waals surface area contributed by atoms with Crippen molar-refractivity contribution in [2.45, 2.75) is 42.4 Å². The molecule has 1 aromatic carbocycles. The Balaban J connectivity index is 2.11. The number of thioether (sulfide) groups is 1. The predicted octanol–water partition coefficient (Wildman–Crippen LogP) is 2.51. The molecule has 0 heterocycles. The summed E-state index contributed by atoms with van der Waals surface area (Å²) in [6.07, 6.45) is 2.78. The van der Waals surface area contributed by atoms with Crippen LogP contribution in [0.2, 0.25) is 0 Å². The Morgan fingerprint density at radius 3 is 2.85 bits per heavy atom. The third-order valence-corrected chi connectivity index (χ3v) is 6.22. The lowest BCUT2D eigenvalue weighted by Gasteiger charge is -2.14. The third-order valence-electron chi connectivity index (χ3n) is 3.41. The van der Waals surface area contributed by atoms with Crippen molar-refractivity contribution in [1.29, 1.82) is 5.26 Å². The Morgan fingerprint density at radius 2 is 2.15 bits per heavy atom. The molecule has 2 atom stereocenters. The number of nitrogens with zero attached hydrogens (tertiary/aromatic N) is 1. The maximum atomic E-state index is 12.4. The zero-order valence-corrected chi connectivity index (χ0v) is 13.0. The van der Waals surface area contributed by atoms with Gasteiger partial charge in [0, 0.05) is 11.3 Å². The summed E-state index contributed by atoms with van der Waals surface area (Å²) in [5.41, 5.74) is 0.192. The van der Waals surface area contributed by atoms with E-state index in [0.717, 1.165) is 25.0 Å². The van der Waals surface area contributed by atoms with E-state index in [2.05, 4.69) is 11.6 Å². The highest BCUT2D eigenvalue weighted by Gasteiger charge is 2.29. The minimum absolute atomic E-state index is 0.0178. The summed E-state index contributed by atoms with van der Waals surface area (Å²) in [5, 5.41) is 9.55. The molecule has 0 aliphatic heterocycles. The van der Waals surface area contributed by atoms with E-state index in [1.165, 1.54) is 12.1 Å². The second kappa shape index (κ2) is 6.61. The zero-order valence-electron chi connectivity index (χ0n) is 11.4. The molecule has 0 bridgehead atoms. The van der Waals surface area contributed by atoms with Crippen LogP contribution in [-0.4, -0.2) is 25.5 Å². The SMILES string of the molecule is CCSC1CCC(NS(=O)(=O)c2ccccc2C#N)C1. The average molecular weight is 310 g/mol. The highest BCUT2D eigenvalue weighted by atomic mass is 32.2. The Bertz CT molecular complexity index is 608. The van der Waals surface area contributed by atoms with Gasteiger partial charge in [-0.1, -0.05) is 19.1 Å². The summed E-state index contributed by atoms with van der Waals surface area (Å²) < 4.78 is 27.5. The summed E-state index contributed by atoms with van der Waals surface area (Å²) in [7, 11) is -3.61. The van der Waals surface area contributed by atoms with Crippen LogP contribution in [0.1, 0.15) is 31.7 Å². The van der Waals surface area contributed by atoms with Gasteiger partial charge in [-0.25, -0.2) is 13.1 Å². The average Bonchev–Trinajstić information content (AvgIpc) is 2.85. The smallest absolute Gasteiger partial charge is 0.208 e. The topological polar surface area (TPSA) is 70.0 Å². The molecule has 0 radical (unpaired) electrons. The summed E-state index contributed by atoms with van der Waals surface area (Å²) in [6.45, 7) is 2.12. The monoisotopic (exact) mass is 310 g/mol. The lowest BCUT2D eigenvalue weighted by Crippen LogP contribution is -2.33. The van der Waals surface area contributed by atoms with Crippen LogP contribution in [0.5, 0.6) is 0 Å². The van der Waals surface area contributed by atoms with Gasteiger partial charge in [0.1, 0.15) is 6.07 Å². The summed E-state index contributed by atoms with van der Waals surface area (Å²) in [4.78, 5) is 0.0779. The molecule has 6 heteroatoms. The number of hydrogen-bond donors (Lipinski definition) is 1. The molecule has 108 valence electrons. The summed E-state index contributed by atoms with van der Waals surface area (Å²) >= 11 is 1.88. The van der Waals surface area contributed by atoms with Crippen molar-refractivity contribution in [3.8, 4) is 6.07 Å². The molecule has 0 saturated heterocycles. The van der Waals surface area contributed by atoms with Gasteiger partial charge in [-0.2, -0.15) is 17.0 Å². The molecule has 1 fully saturated rings. The van der Waals surface area contributed by atoms with Crippen LogP contribution in [-0.2, 0) is 10.0 Å². The van der Waals surface area contributed by atoms with Crippen molar-refractivity contribution in [2.24, 2.45) is 0 Å². The van der Waals surface area contributed by atoms with Crippen LogP contribution in [0.15, 0.2) is 29.2 Å². The molecule has 2 unspecified atom stereocenters. The van der Waals surface area contributed by atoms with Crippen LogP contribution in [0.25, 0.3) is 0 Å². The predicted molar refractivity (Wildman–Crippen MR) is 81.0 cm³/mol. The maximum Gasteiger partial charge on any atom is 0.242 e. The first-order chi connectivity index (χ1) is 9.56. The Morgan fingerprint density at radius 1 is 1.40 bits per heavy atom. The molecule has 1 aromatic rings. The fourth-order valence-electron chi connectivity index (χ4n) is 2.51. The van der Waals surface area contributed by atoms with Crippen molar-refractivity contribution >= 4 is 21.8 Å². The zero-order chi connectivity index (χ0) is 14.6. The number of hydrogen-bond acceptors (Lipinski definition) is 4. The molecular formula is C14H18N2O2S2. The Hall–Kier alpha value is -1.03. The van der Waals surface area contributed by atoms with Gasteiger partial charge < -0.3 is 0 Å². The Labute approximate surface area is 124 Å². The lowest BCUT2D eigenvalue weighted by molar-refractivity contribution is 0.552. The van der Waals surface area contributed by atoms with Gasteiger partial charge in [0.05, 0.1) is 10.5 Å². The fourth-order valence-corrected chi connectivity index (χ4v) is 5.09. The minimum Gasteiger partial charge on any atom is -0.208 e. The van der Waals surface area contributed by atoms with E-state index < -0.39 is 10.0 Å². The first-order valence-electron chi connectivity index (χ1n) is 6.70. The largest absolute Gasteiger partial charge is 0.242 e. The van der Waals surface area contributed by atoms with Crippen LogP contribution < -0.4 is 4.72 Å². The van der Waals surface area contributed by atoms with Crippen LogP contribution in [0.3, 0.4) is 0 Å². The van der Waals surface area contributed by atoms with Crippen molar-refractivity contribution in [3.05, 3.63) is 29.8 Å². The molecule has 20 heavy (non-hydrogen) atoms. The van der Waals surface area contributed by atoms with E-state index in [-0.39, 0.29) is 16.5 Å². The van der Waals surface area contributed by atoms with Gasteiger partial charge in [-0.3, -0.25) is 0 Å². The summed E-state index contributed by atoms with van der Waals surface area (Å²) in [6, 6.07) is 8.23. The van der Waals surface area contributed by atoms with Crippen molar-refractivity contribution in [2.75, 3.05) is 5.75 Å². The number of sulfonamides is 1. The molecule has 1 aliphatic carbocycles. The van der Waals surface area contributed by atoms with Gasteiger partial charge in [-0.05, 0) is 37.1 Å². The van der Waals surface area contributed by atoms with E-state index >= 15 is 0 Å². The van der Waals surface area contributed by atoms with Gasteiger partial charge in [0.25, 0.3) is 0 Å². The first kappa shape index (κ1) is 15.4. The van der Waals surface area contributed by atoms with Crippen molar-refractivity contribution in [3.63, 3.8) is 0 Å². The Kier molecular flexibility index (Phi) is 5.08. The van der Waals surface area contributed by atoms with Crippen LogP contribution in [0, 0.1) is 11.3 Å². The quantitative estimate of drug-likeness (QED) is 0.907. The van der Waals surface area contributed by atoms with E-state index in [9.17, 15) is 8.42 Å². The molecule has 1 saturated carbocycles. The molecule has 0 spiro atoms. The maximum absolute atomic E-state index is 12.4. The van der Waals surface area contributed by atoms with E-state index in [1.807, 2.05) is 17.8 Å². The molecule has 1 N–H and O–H groups in total. The number of benzene rings is 1.